The molecule has 0 unspecified atom stereocenters. The highest BCUT2D eigenvalue weighted by atomic mass is 35.5. The van der Waals surface area contributed by atoms with Crippen LogP contribution in [-0.2, 0) is 0 Å². The van der Waals surface area contributed by atoms with Crippen molar-refractivity contribution in [3.63, 3.8) is 0 Å². The maximum absolute atomic E-state index is 9.97. The number of hydrazine groups is 1. The van der Waals surface area contributed by atoms with Gasteiger partial charge in [-0.1, -0.05) is 29.8 Å². The van der Waals surface area contributed by atoms with Gasteiger partial charge >= 0.3 is 0 Å². The van der Waals surface area contributed by atoms with Crippen molar-refractivity contribution in [3.05, 3.63) is 64.6 Å². The highest BCUT2D eigenvalue weighted by Crippen LogP contribution is 2.36. The number of halogens is 1. The van der Waals surface area contributed by atoms with E-state index in [9.17, 15) is 5.11 Å². The molecule has 0 aliphatic heterocycles. The maximum atomic E-state index is 9.97. The summed E-state index contributed by atoms with van der Waals surface area (Å²) in [4.78, 5) is 9.53. The van der Waals surface area contributed by atoms with Crippen molar-refractivity contribution in [1.82, 2.24) is 15.4 Å². The summed E-state index contributed by atoms with van der Waals surface area (Å²) in [5.74, 6) is 6.84. The molecule has 0 radical (unpaired) electrons. The van der Waals surface area contributed by atoms with Crippen molar-refractivity contribution < 1.29 is 5.11 Å². The number of hydrogen-bond donors (Lipinski definition) is 3. The normalized spacial score (nSPS) is 20.1. The van der Waals surface area contributed by atoms with E-state index in [1.165, 1.54) is 0 Å². The van der Waals surface area contributed by atoms with Crippen LogP contribution in [0, 0.1) is 0 Å². The van der Waals surface area contributed by atoms with Crippen molar-refractivity contribution in [1.29, 1.82) is 0 Å². The largest absolute Gasteiger partial charge is 0.508 e. The van der Waals surface area contributed by atoms with Crippen LogP contribution < -0.4 is 11.3 Å². The molecule has 1 heterocycles. The fourth-order valence-electron chi connectivity index (χ4n) is 3.82. The van der Waals surface area contributed by atoms with E-state index in [1.807, 2.05) is 42.5 Å². The summed E-state index contributed by atoms with van der Waals surface area (Å²) in [5, 5.41) is 11.6. The molecule has 0 saturated heterocycles. The average molecular weight is 395 g/mol. The van der Waals surface area contributed by atoms with Crippen LogP contribution in [0.2, 0.25) is 5.02 Å². The van der Waals surface area contributed by atoms with Crippen molar-refractivity contribution in [2.45, 2.75) is 37.6 Å². The maximum Gasteiger partial charge on any atom is 0.152 e. The zero-order valence-electron chi connectivity index (χ0n) is 15.5. The van der Waals surface area contributed by atoms with Crippen molar-refractivity contribution >= 4 is 34.7 Å². The second-order valence-corrected chi connectivity index (χ2v) is 7.71. The van der Waals surface area contributed by atoms with Crippen LogP contribution in [0.1, 0.15) is 48.7 Å². The van der Waals surface area contributed by atoms with Gasteiger partial charge in [0.2, 0.25) is 0 Å². The third kappa shape index (κ3) is 4.17. The third-order valence-corrected chi connectivity index (χ3v) is 5.62. The second kappa shape index (κ2) is 8.27. The van der Waals surface area contributed by atoms with Gasteiger partial charge < -0.3 is 5.11 Å². The van der Waals surface area contributed by atoms with Gasteiger partial charge in [-0.25, -0.2) is 9.97 Å². The van der Waals surface area contributed by atoms with Gasteiger partial charge in [-0.2, -0.15) is 0 Å². The summed E-state index contributed by atoms with van der Waals surface area (Å²) in [6.07, 6.45) is 7.96. The zero-order chi connectivity index (χ0) is 19.5. The number of rotatable bonds is 4. The van der Waals surface area contributed by atoms with E-state index < -0.39 is 0 Å². The molecule has 144 valence electrons. The molecule has 1 saturated carbocycles. The van der Waals surface area contributed by atoms with Crippen molar-refractivity contribution in [2.75, 3.05) is 0 Å². The molecular formula is C22H23ClN4O. The molecule has 3 aromatic rings. The summed E-state index contributed by atoms with van der Waals surface area (Å²) in [6.45, 7) is 0. The van der Waals surface area contributed by atoms with Gasteiger partial charge in [-0.05, 0) is 67.7 Å². The molecule has 2 aromatic carbocycles. The number of benzene rings is 2. The van der Waals surface area contributed by atoms with Gasteiger partial charge in [0, 0.05) is 22.4 Å². The van der Waals surface area contributed by atoms with Crippen LogP contribution in [0.25, 0.3) is 23.1 Å². The summed E-state index contributed by atoms with van der Waals surface area (Å²) in [6, 6.07) is 13.3. The molecule has 0 spiro atoms. The number of aromatic hydroxyl groups is 1. The van der Waals surface area contributed by atoms with Gasteiger partial charge in [0.25, 0.3) is 0 Å². The van der Waals surface area contributed by atoms with Crippen LogP contribution in [0.3, 0.4) is 0 Å². The van der Waals surface area contributed by atoms with E-state index in [-0.39, 0.29) is 5.75 Å². The summed E-state index contributed by atoms with van der Waals surface area (Å²) in [5.41, 5.74) is 5.77. The Morgan fingerprint density at radius 3 is 2.46 bits per heavy atom. The van der Waals surface area contributed by atoms with Crippen molar-refractivity contribution in [3.8, 4) is 5.75 Å². The lowest BCUT2D eigenvalue weighted by Gasteiger charge is -2.28. The lowest BCUT2D eigenvalue weighted by atomic mass is 9.83. The Labute approximate surface area is 169 Å². The molecule has 0 atom stereocenters. The number of fused-ring (bicyclic) bond motifs is 1. The minimum absolute atomic E-state index is 0.235. The Morgan fingerprint density at radius 1 is 1.00 bits per heavy atom. The summed E-state index contributed by atoms with van der Waals surface area (Å²) < 4.78 is 0. The van der Waals surface area contributed by atoms with Gasteiger partial charge in [-0.15, -0.1) is 0 Å². The Morgan fingerprint density at radius 2 is 1.75 bits per heavy atom. The fraction of sp³-hybridized carbons (Fsp3) is 0.273. The predicted octanol–water partition coefficient (Wildman–Crippen LogP) is 4.65. The van der Waals surface area contributed by atoms with Crippen LogP contribution in [0.15, 0.2) is 42.5 Å². The first kappa shape index (κ1) is 18.9. The first-order valence-corrected chi connectivity index (χ1v) is 9.90. The second-order valence-electron chi connectivity index (χ2n) is 7.27. The molecule has 4 rings (SSSR count). The summed E-state index contributed by atoms with van der Waals surface area (Å²) >= 11 is 5.95. The van der Waals surface area contributed by atoms with E-state index in [0.29, 0.717) is 22.8 Å². The third-order valence-electron chi connectivity index (χ3n) is 5.37. The fourth-order valence-corrected chi connectivity index (χ4v) is 3.95. The van der Waals surface area contributed by atoms with Crippen LogP contribution in [0.4, 0.5) is 0 Å². The molecular weight excluding hydrogens is 372 g/mol. The highest BCUT2D eigenvalue weighted by molar-refractivity contribution is 6.30. The number of nitrogens with two attached hydrogens (primary N) is 1. The van der Waals surface area contributed by atoms with E-state index in [4.69, 9.17) is 22.4 Å². The Hall–Kier alpha value is -2.47. The zero-order valence-corrected chi connectivity index (χ0v) is 16.2. The molecule has 1 aromatic heterocycles. The first-order chi connectivity index (χ1) is 13.6. The molecule has 6 heteroatoms. The monoisotopic (exact) mass is 394 g/mol. The van der Waals surface area contributed by atoms with Gasteiger partial charge in [-0.3, -0.25) is 11.3 Å². The SMILES string of the molecule is NNC1CCC(c2nc(C=Cc3ccc(Cl)cc3)nc3ccc(O)cc23)CC1. The number of nitrogens with zero attached hydrogens (tertiary/aromatic N) is 2. The molecule has 0 amide bonds. The van der Waals surface area contributed by atoms with Crippen LogP contribution >= 0.6 is 11.6 Å². The van der Waals surface area contributed by atoms with Gasteiger partial charge in [0.05, 0.1) is 11.2 Å². The van der Waals surface area contributed by atoms with Crippen molar-refractivity contribution in [2.24, 2.45) is 5.84 Å². The number of phenolic OH excluding ortho intramolecular Hbond substituents is 1. The number of hydrogen-bond acceptors (Lipinski definition) is 5. The Kier molecular flexibility index (Phi) is 5.57. The topological polar surface area (TPSA) is 84.1 Å². The van der Waals surface area contributed by atoms with Gasteiger partial charge in [0.15, 0.2) is 5.82 Å². The molecule has 1 aliphatic carbocycles. The minimum Gasteiger partial charge on any atom is -0.508 e. The van der Waals surface area contributed by atoms with E-state index in [1.54, 1.807) is 12.1 Å². The molecule has 5 nitrogen and oxygen atoms in total. The number of aromatic nitrogens is 2. The Balaban J connectivity index is 1.70. The molecule has 4 N–H and O–H groups in total. The molecule has 1 fully saturated rings. The molecule has 1 aliphatic rings. The number of phenols is 1. The van der Waals surface area contributed by atoms with Crippen LogP contribution in [0.5, 0.6) is 5.75 Å². The summed E-state index contributed by atoms with van der Waals surface area (Å²) in [7, 11) is 0. The van der Waals surface area contributed by atoms with E-state index >= 15 is 0 Å². The standard InChI is InChI=1S/C22H23ClN4O/c23-16-6-1-14(2-7-16)3-12-21-25-20-11-10-18(28)13-19(20)22(26-21)15-4-8-17(27-24)9-5-15/h1-3,6-7,10-13,15,17,27-28H,4-5,8-9,24H2. The highest BCUT2D eigenvalue weighted by Gasteiger charge is 2.24. The number of nitrogens with one attached hydrogen (secondary N) is 1. The predicted molar refractivity (Wildman–Crippen MR) is 114 cm³/mol. The lowest BCUT2D eigenvalue weighted by Crippen LogP contribution is -2.37. The molecule has 28 heavy (non-hydrogen) atoms. The molecule has 0 bridgehead atoms. The minimum atomic E-state index is 0.235. The van der Waals surface area contributed by atoms with E-state index in [0.717, 1.165) is 47.8 Å². The lowest BCUT2D eigenvalue weighted by molar-refractivity contribution is 0.344. The Bertz CT molecular complexity index is 995. The smallest absolute Gasteiger partial charge is 0.152 e. The van der Waals surface area contributed by atoms with Gasteiger partial charge in [0.1, 0.15) is 5.75 Å². The average Bonchev–Trinajstić information content (AvgIpc) is 2.73. The first-order valence-electron chi connectivity index (χ1n) is 9.53. The van der Waals surface area contributed by atoms with E-state index in [2.05, 4.69) is 10.4 Å². The van der Waals surface area contributed by atoms with Crippen LogP contribution in [-0.4, -0.2) is 21.1 Å². The quantitative estimate of drug-likeness (QED) is 0.443.